The first-order valence-corrected chi connectivity index (χ1v) is 11.2. The standard InChI is InChI=1S/C27H28N4/c1-20-9-8-14-23(17-20)31-18-24(22-12-6-3-7-13-22)25-26(29-19-30-27(25)31)28-16-15-21-10-4-2-5-11-21/h3,6-10,12-14,17-19H,2,4-5,11,15-16H2,1H3,(H,28,29,30). The molecular weight excluding hydrogens is 380 g/mol. The molecule has 0 aliphatic heterocycles. The lowest BCUT2D eigenvalue weighted by Crippen LogP contribution is -2.07. The molecule has 156 valence electrons. The second kappa shape index (κ2) is 8.76. The average molecular weight is 409 g/mol. The van der Waals surface area contributed by atoms with E-state index in [0.717, 1.165) is 41.1 Å². The maximum absolute atomic E-state index is 4.69. The first kappa shape index (κ1) is 19.6. The van der Waals surface area contributed by atoms with Crippen LogP contribution in [0.25, 0.3) is 27.8 Å². The molecule has 0 bridgehead atoms. The lowest BCUT2D eigenvalue weighted by Gasteiger charge is -2.14. The number of nitrogens with one attached hydrogen (secondary N) is 1. The van der Waals surface area contributed by atoms with E-state index in [0.29, 0.717) is 0 Å². The van der Waals surface area contributed by atoms with E-state index in [-0.39, 0.29) is 0 Å². The molecule has 0 fully saturated rings. The molecule has 2 aromatic carbocycles. The Labute approximate surface area is 183 Å². The number of aryl methyl sites for hydroxylation is 1. The highest BCUT2D eigenvalue weighted by molar-refractivity contribution is 6.02. The molecule has 2 aromatic heterocycles. The van der Waals surface area contributed by atoms with Crippen molar-refractivity contribution in [3.8, 4) is 16.8 Å². The average Bonchev–Trinajstić information content (AvgIpc) is 3.21. The van der Waals surface area contributed by atoms with Crippen LogP contribution in [0.5, 0.6) is 0 Å². The molecule has 5 rings (SSSR count). The van der Waals surface area contributed by atoms with Gasteiger partial charge in [0.1, 0.15) is 12.1 Å². The summed E-state index contributed by atoms with van der Waals surface area (Å²) in [4.78, 5) is 9.34. The van der Waals surface area contributed by atoms with Gasteiger partial charge >= 0.3 is 0 Å². The van der Waals surface area contributed by atoms with Crippen molar-refractivity contribution in [3.63, 3.8) is 0 Å². The maximum atomic E-state index is 4.69. The van der Waals surface area contributed by atoms with Crippen LogP contribution in [0.1, 0.15) is 37.7 Å². The van der Waals surface area contributed by atoms with Gasteiger partial charge in [0.2, 0.25) is 0 Å². The Hall–Kier alpha value is -3.40. The minimum absolute atomic E-state index is 0.891. The van der Waals surface area contributed by atoms with Crippen LogP contribution < -0.4 is 5.32 Å². The van der Waals surface area contributed by atoms with Gasteiger partial charge < -0.3 is 9.88 Å². The van der Waals surface area contributed by atoms with Crippen LogP contribution in [-0.2, 0) is 0 Å². The summed E-state index contributed by atoms with van der Waals surface area (Å²) in [6.45, 7) is 3.01. The molecule has 4 heteroatoms. The highest BCUT2D eigenvalue weighted by Crippen LogP contribution is 2.35. The number of hydrogen-bond acceptors (Lipinski definition) is 3. The van der Waals surface area contributed by atoms with Crippen LogP contribution in [-0.4, -0.2) is 21.1 Å². The number of allylic oxidation sites excluding steroid dienone is 1. The summed E-state index contributed by atoms with van der Waals surface area (Å²) in [5.41, 5.74) is 7.17. The van der Waals surface area contributed by atoms with E-state index in [9.17, 15) is 0 Å². The van der Waals surface area contributed by atoms with Crippen LogP contribution in [0.4, 0.5) is 5.82 Å². The van der Waals surface area contributed by atoms with Gasteiger partial charge in [-0.2, -0.15) is 0 Å². The lowest BCUT2D eigenvalue weighted by molar-refractivity contribution is 0.679. The summed E-state index contributed by atoms with van der Waals surface area (Å²) in [6.07, 6.45) is 12.5. The Balaban J connectivity index is 1.57. The van der Waals surface area contributed by atoms with Gasteiger partial charge in [-0.1, -0.05) is 54.1 Å². The van der Waals surface area contributed by atoms with Gasteiger partial charge in [-0.25, -0.2) is 9.97 Å². The van der Waals surface area contributed by atoms with E-state index in [1.807, 2.05) is 0 Å². The van der Waals surface area contributed by atoms with Gasteiger partial charge in [-0.15, -0.1) is 0 Å². The number of benzene rings is 2. The smallest absolute Gasteiger partial charge is 0.150 e. The zero-order chi connectivity index (χ0) is 21.0. The summed E-state index contributed by atoms with van der Waals surface area (Å²) in [5, 5.41) is 4.69. The number of rotatable bonds is 6. The van der Waals surface area contributed by atoms with E-state index in [2.05, 4.69) is 88.7 Å². The maximum Gasteiger partial charge on any atom is 0.150 e. The molecular formula is C27H28N4. The zero-order valence-electron chi connectivity index (χ0n) is 18.0. The quantitative estimate of drug-likeness (QED) is 0.361. The normalized spacial score (nSPS) is 13.9. The predicted octanol–water partition coefficient (Wildman–Crippen LogP) is 6.70. The molecule has 2 heterocycles. The van der Waals surface area contributed by atoms with E-state index < -0.39 is 0 Å². The highest BCUT2D eigenvalue weighted by atomic mass is 15.1. The second-order valence-electron chi connectivity index (χ2n) is 8.32. The molecule has 0 radical (unpaired) electrons. The Morgan fingerprint density at radius 3 is 2.71 bits per heavy atom. The third-order valence-electron chi connectivity index (χ3n) is 6.07. The molecule has 1 aliphatic rings. The van der Waals surface area contributed by atoms with Gasteiger partial charge in [0.25, 0.3) is 0 Å². The summed E-state index contributed by atoms with van der Waals surface area (Å²) >= 11 is 0. The molecule has 0 saturated carbocycles. The Morgan fingerprint density at radius 2 is 1.90 bits per heavy atom. The number of aromatic nitrogens is 3. The van der Waals surface area contributed by atoms with Crippen molar-refractivity contribution in [1.82, 2.24) is 14.5 Å². The molecule has 4 aromatic rings. The largest absolute Gasteiger partial charge is 0.369 e. The fourth-order valence-electron chi connectivity index (χ4n) is 4.48. The van der Waals surface area contributed by atoms with Crippen LogP contribution in [0, 0.1) is 6.92 Å². The van der Waals surface area contributed by atoms with Gasteiger partial charge in [0, 0.05) is 24.0 Å². The fourth-order valence-corrected chi connectivity index (χ4v) is 4.48. The minimum atomic E-state index is 0.891. The molecule has 31 heavy (non-hydrogen) atoms. The van der Waals surface area contributed by atoms with Crippen molar-refractivity contribution >= 4 is 16.9 Å². The van der Waals surface area contributed by atoms with E-state index in [4.69, 9.17) is 4.98 Å². The first-order chi connectivity index (χ1) is 15.3. The predicted molar refractivity (Wildman–Crippen MR) is 129 cm³/mol. The van der Waals surface area contributed by atoms with Crippen LogP contribution >= 0.6 is 0 Å². The van der Waals surface area contributed by atoms with Crippen LogP contribution in [0.3, 0.4) is 0 Å². The number of fused-ring (bicyclic) bond motifs is 1. The lowest BCUT2D eigenvalue weighted by atomic mass is 9.97. The van der Waals surface area contributed by atoms with E-state index in [1.165, 1.54) is 36.8 Å². The summed E-state index contributed by atoms with van der Waals surface area (Å²) < 4.78 is 2.18. The first-order valence-electron chi connectivity index (χ1n) is 11.2. The third-order valence-corrected chi connectivity index (χ3v) is 6.07. The van der Waals surface area contributed by atoms with Crippen molar-refractivity contribution in [2.24, 2.45) is 0 Å². The van der Waals surface area contributed by atoms with E-state index in [1.54, 1.807) is 11.9 Å². The van der Waals surface area contributed by atoms with Gasteiger partial charge in [-0.05, 0) is 62.3 Å². The molecule has 0 amide bonds. The summed E-state index contributed by atoms with van der Waals surface area (Å²) in [6, 6.07) is 19.1. The van der Waals surface area contributed by atoms with Crippen LogP contribution in [0.2, 0.25) is 0 Å². The fraction of sp³-hybridized carbons (Fsp3) is 0.259. The molecule has 0 unspecified atom stereocenters. The van der Waals surface area contributed by atoms with Gasteiger partial charge in [0.05, 0.1) is 5.39 Å². The van der Waals surface area contributed by atoms with E-state index >= 15 is 0 Å². The Kier molecular flexibility index (Phi) is 5.53. The highest BCUT2D eigenvalue weighted by Gasteiger charge is 2.17. The topological polar surface area (TPSA) is 42.7 Å². The Bertz CT molecular complexity index is 1220. The zero-order valence-corrected chi connectivity index (χ0v) is 18.0. The molecule has 0 saturated heterocycles. The van der Waals surface area contributed by atoms with Gasteiger partial charge in [-0.3, -0.25) is 0 Å². The monoisotopic (exact) mass is 408 g/mol. The van der Waals surface area contributed by atoms with Crippen molar-refractivity contribution in [2.75, 3.05) is 11.9 Å². The van der Waals surface area contributed by atoms with Crippen molar-refractivity contribution < 1.29 is 0 Å². The minimum Gasteiger partial charge on any atom is -0.369 e. The third kappa shape index (κ3) is 4.11. The summed E-state index contributed by atoms with van der Waals surface area (Å²) in [5.74, 6) is 0.909. The molecule has 0 atom stereocenters. The number of hydrogen-bond donors (Lipinski definition) is 1. The summed E-state index contributed by atoms with van der Waals surface area (Å²) in [7, 11) is 0. The van der Waals surface area contributed by atoms with Crippen LogP contribution in [0.15, 0.2) is 78.8 Å². The van der Waals surface area contributed by atoms with Crippen molar-refractivity contribution in [3.05, 3.63) is 84.3 Å². The van der Waals surface area contributed by atoms with Crippen molar-refractivity contribution in [1.29, 1.82) is 0 Å². The second-order valence-corrected chi connectivity index (χ2v) is 8.32. The van der Waals surface area contributed by atoms with Crippen molar-refractivity contribution in [2.45, 2.75) is 39.0 Å². The number of anilines is 1. The SMILES string of the molecule is Cc1cccc(-n2cc(-c3ccccc3)c3c(NCCC4=CCCCC4)ncnc32)c1. The van der Waals surface area contributed by atoms with Gasteiger partial charge in [0.15, 0.2) is 5.65 Å². The molecule has 1 N–H and O–H groups in total. The number of nitrogens with zero attached hydrogens (tertiary/aromatic N) is 3. The molecule has 4 nitrogen and oxygen atoms in total. The molecule has 1 aliphatic carbocycles. The Morgan fingerprint density at radius 1 is 1.00 bits per heavy atom. The molecule has 0 spiro atoms.